The Hall–Kier alpha value is -1.94. The van der Waals surface area contributed by atoms with Crippen LogP contribution in [0.1, 0.15) is 24.1 Å². The lowest BCUT2D eigenvalue weighted by Gasteiger charge is -2.17. The number of halogens is 2. The SMILES string of the molecule is CNC(C)c1cc(F)c(C)cc1Oc1ccc(F)cc1. The normalized spacial score (nSPS) is 12.2. The Morgan fingerprint density at radius 2 is 1.75 bits per heavy atom. The molecule has 0 fully saturated rings. The fourth-order valence-corrected chi connectivity index (χ4v) is 1.88. The zero-order valence-electron chi connectivity index (χ0n) is 11.7. The predicted molar refractivity (Wildman–Crippen MR) is 75.1 cm³/mol. The Morgan fingerprint density at radius 3 is 2.35 bits per heavy atom. The van der Waals surface area contributed by atoms with Gasteiger partial charge in [0, 0.05) is 11.6 Å². The van der Waals surface area contributed by atoms with Crippen LogP contribution in [-0.2, 0) is 0 Å². The molecule has 0 radical (unpaired) electrons. The molecule has 2 rings (SSSR count). The van der Waals surface area contributed by atoms with Crippen molar-refractivity contribution in [3.8, 4) is 11.5 Å². The van der Waals surface area contributed by atoms with Crippen LogP contribution in [0.4, 0.5) is 8.78 Å². The molecule has 1 unspecified atom stereocenters. The highest BCUT2D eigenvalue weighted by Crippen LogP contribution is 2.31. The van der Waals surface area contributed by atoms with Gasteiger partial charge >= 0.3 is 0 Å². The van der Waals surface area contributed by atoms with Crippen molar-refractivity contribution in [3.05, 3.63) is 59.2 Å². The highest BCUT2D eigenvalue weighted by atomic mass is 19.1. The van der Waals surface area contributed by atoms with Crippen LogP contribution in [0.2, 0.25) is 0 Å². The van der Waals surface area contributed by atoms with Crippen LogP contribution < -0.4 is 10.1 Å². The van der Waals surface area contributed by atoms with Gasteiger partial charge in [-0.2, -0.15) is 0 Å². The Bertz CT molecular complexity index is 596. The molecule has 4 heteroatoms. The van der Waals surface area contributed by atoms with E-state index in [1.165, 1.54) is 18.2 Å². The van der Waals surface area contributed by atoms with Crippen LogP contribution in [0, 0.1) is 18.6 Å². The summed E-state index contributed by atoms with van der Waals surface area (Å²) in [4.78, 5) is 0. The maximum atomic E-state index is 13.7. The lowest BCUT2D eigenvalue weighted by molar-refractivity contribution is 0.460. The molecule has 0 heterocycles. The molecule has 20 heavy (non-hydrogen) atoms. The summed E-state index contributed by atoms with van der Waals surface area (Å²) in [6.45, 7) is 3.60. The fourth-order valence-electron chi connectivity index (χ4n) is 1.88. The van der Waals surface area contributed by atoms with Gasteiger partial charge in [0.05, 0.1) is 0 Å². The quantitative estimate of drug-likeness (QED) is 0.897. The largest absolute Gasteiger partial charge is 0.457 e. The zero-order valence-corrected chi connectivity index (χ0v) is 11.7. The summed E-state index contributed by atoms with van der Waals surface area (Å²) in [6, 6.07) is 8.81. The molecule has 0 aliphatic carbocycles. The molecule has 0 saturated carbocycles. The minimum Gasteiger partial charge on any atom is -0.457 e. The number of aryl methyl sites for hydroxylation is 1. The summed E-state index contributed by atoms with van der Waals surface area (Å²) < 4.78 is 32.4. The van der Waals surface area contributed by atoms with Gasteiger partial charge < -0.3 is 10.1 Å². The zero-order chi connectivity index (χ0) is 14.7. The molecule has 1 atom stereocenters. The second kappa shape index (κ2) is 6.01. The first-order valence-corrected chi connectivity index (χ1v) is 6.42. The van der Waals surface area contributed by atoms with Gasteiger partial charge in [-0.1, -0.05) is 0 Å². The number of rotatable bonds is 4. The van der Waals surface area contributed by atoms with Crippen molar-refractivity contribution in [1.82, 2.24) is 5.32 Å². The Balaban J connectivity index is 2.38. The molecule has 0 saturated heterocycles. The summed E-state index contributed by atoms with van der Waals surface area (Å²) in [6.07, 6.45) is 0. The predicted octanol–water partition coefficient (Wildman–Crippen LogP) is 4.35. The van der Waals surface area contributed by atoms with E-state index in [1.807, 2.05) is 6.92 Å². The van der Waals surface area contributed by atoms with Crippen molar-refractivity contribution < 1.29 is 13.5 Å². The van der Waals surface area contributed by atoms with Gasteiger partial charge in [0.15, 0.2) is 0 Å². The number of nitrogens with one attached hydrogen (secondary N) is 1. The lowest BCUT2D eigenvalue weighted by Crippen LogP contribution is -2.13. The van der Waals surface area contributed by atoms with Gasteiger partial charge in [0.25, 0.3) is 0 Å². The summed E-state index contributed by atoms with van der Waals surface area (Å²) in [5, 5.41) is 3.06. The molecular formula is C16H17F2NO. The van der Waals surface area contributed by atoms with Gasteiger partial charge in [-0.05, 0) is 62.9 Å². The van der Waals surface area contributed by atoms with Crippen LogP contribution in [-0.4, -0.2) is 7.05 Å². The average molecular weight is 277 g/mol. The Kier molecular flexibility index (Phi) is 4.35. The van der Waals surface area contributed by atoms with Crippen LogP contribution in [0.25, 0.3) is 0 Å². The van der Waals surface area contributed by atoms with Crippen molar-refractivity contribution in [2.45, 2.75) is 19.9 Å². The van der Waals surface area contributed by atoms with E-state index in [4.69, 9.17) is 4.74 Å². The number of hydrogen-bond donors (Lipinski definition) is 1. The summed E-state index contributed by atoms with van der Waals surface area (Å²) in [5.74, 6) is 0.490. The summed E-state index contributed by atoms with van der Waals surface area (Å²) >= 11 is 0. The highest BCUT2D eigenvalue weighted by Gasteiger charge is 2.14. The van der Waals surface area contributed by atoms with Crippen molar-refractivity contribution in [2.75, 3.05) is 7.05 Å². The van der Waals surface area contributed by atoms with E-state index in [-0.39, 0.29) is 17.7 Å². The monoisotopic (exact) mass is 277 g/mol. The van der Waals surface area contributed by atoms with Crippen LogP contribution >= 0.6 is 0 Å². The van der Waals surface area contributed by atoms with Gasteiger partial charge in [-0.25, -0.2) is 8.78 Å². The third-order valence-corrected chi connectivity index (χ3v) is 3.23. The first-order chi connectivity index (χ1) is 9.51. The van der Waals surface area contributed by atoms with Crippen LogP contribution in [0.5, 0.6) is 11.5 Å². The molecule has 2 aromatic carbocycles. The van der Waals surface area contributed by atoms with Gasteiger partial charge in [0.2, 0.25) is 0 Å². The minimum atomic E-state index is -0.323. The average Bonchev–Trinajstić information content (AvgIpc) is 2.44. The number of ether oxygens (including phenoxy) is 1. The van der Waals surface area contributed by atoms with E-state index in [9.17, 15) is 8.78 Å². The number of benzene rings is 2. The molecule has 0 bridgehead atoms. The van der Waals surface area contributed by atoms with E-state index in [0.717, 1.165) is 5.56 Å². The lowest BCUT2D eigenvalue weighted by atomic mass is 10.0. The van der Waals surface area contributed by atoms with E-state index in [1.54, 1.807) is 32.2 Å². The van der Waals surface area contributed by atoms with Gasteiger partial charge in [-0.15, -0.1) is 0 Å². The third-order valence-electron chi connectivity index (χ3n) is 3.23. The van der Waals surface area contributed by atoms with Crippen molar-refractivity contribution >= 4 is 0 Å². The highest BCUT2D eigenvalue weighted by molar-refractivity contribution is 5.42. The summed E-state index contributed by atoms with van der Waals surface area (Å²) in [5.41, 5.74) is 1.23. The second-order valence-corrected chi connectivity index (χ2v) is 4.71. The molecule has 0 aliphatic heterocycles. The smallest absolute Gasteiger partial charge is 0.132 e. The van der Waals surface area contributed by atoms with Crippen molar-refractivity contribution in [1.29, 1.82) is 0 Å². The minimum absolute atomic E-state index is 0.0550. The van der Waals surface area contributed by atoms with E-state index < -0.39 is 0 Å². The fraction of sp³-hybridized carbons (Fsp3) is 0.250. The molecule has 0 aromatic heterocycles. The van der Waals surface area contributed by atoms with Crippen molar-refractivity contribution in [2.24, 2.45) is 0 Å². The van der Waals surface area contributed by atoms with Gasteiger partial charge in [-0.3, -0.25) is 0 Å². The van der Waals surface area contributed by atoms with E-state index in [0.29, 0.717) is 17.1 Å². The Labute approximate surface area is 117 Å². The standard InChI is InChI=1S/C16H17F2NO/c1-10-8-16(14(9-15(10)18)11(2)19-3)20-13-6-4-12(17)5-7-13/h4-9,11,19H,1-3H3. The molecular weight excluding hydrogens is 260 g/mol. The van der Waals surface area contributed by atoms with E-state index in [2.05, 4.69) is 5.32 Å². The van der Waals surface area contributed by atoms with Crippen molar-refractivity contribution in [3.63, 3.8) is 0 Å². The number of hydrogen-bond acceptors (Lipinski definition) is 2. The molecule has 2 aromatic rings. The molecule has 0 spiro atoms. The molecule has 106 valence electrons. The maximum absolute atomic E-state index is 13.7. The van der Waals surface area contributed by atoms with Crippen LogP contribution in [0.15, 0.2) is 36.4 Å². The second-order valence-electron chi connectivity index (χ2n) is 4.71. The first kappa shape index (κ1) is 14.5. The van der Waals surface area contributed by atoms with Gasteiger partial charge in [0.1, 0.15) is 23.1 Å². The molecule has 0 aliphatic rings. The molecule has 0 amide bonds. The van der Waals surface area contributed by atoms with Crippen LogP contribution in [0.3, 0.4) is 0 Å². The summed E-state index contributed by atoms with van der Waals surface area (Å²) in [7, 11) is 1.80. The van der Waals surface area contributed by atoms with E-state index >= 15 is 0 Å². The topological polar surface area (TPSA) is 21.3 Å². The molecule has 2 nitrogen and oxygen atoms in total. The first-order valence-electron chi connectivity index (χ1n) is 6.42. The third kappa shape index (κ3) is 3.14. The maximum Gasteiger partial charge on any atom is 0.132 e. The molecule has 1 N–H and O–H groups in total. The Morgan fingerprint density at radius 1 is 1.10 bits per heavy atom.